The maximum atomic E-state index is 12.3. The molecule has 1 heterocycles. The van der Waals surface area contributed by atoms with Crippen LogP contribution in [0.1, 0.15) is 64.3 Å². The number of carbonyl (C=O) groups is 1. The minimum Gasteiger partial charge on any atom is -0.356 e. The highest BCUT2D eigenvalue weighted by molar-refractivity contribution is 5.78. The maximum absolute atomic E-state index is 12.3. The highest BCUT2D eigenvalue weighted by Crippen LogP contribution is 2.39. The van der Waals surface area contributed by atoms with E-state index in [0.29, 0.717) is 5.41 Å². The molecule has 1 N–H and O–H groups in total. The lowest BCUT2D eigenvalue weighted by Crippen LogP contribution is -2.36. The monoisotopic (exact) mass is 319 g/mol. The molecule has 0 saturated heterocycles. The Morgan fingerprint density at radius 2 is 1.91 bits per heavy atom. The lowest BCUT2D eigenvalue weighted by atomic mass is 9.69. The highest BCUT2D eigenvalue weighted by atomic mass is 16.1. The highest BCUT2D eigenvalue weighted by Gasteiger charge is 2.32. The molecule has 1 aromatic heterocycles. The molecule has 1 fully saturated rings. The van der Waals surface area contributed by atoms with Crippen LogP contribution in [0.3, 0.4) is 0 Å². The van der Waals surface area contributed by atoms with E-state index < -0.39 is 0 Å². The largest absolute Gasteiger partial charge is 0.356 e. The second kappa shape index (κ2) is 7.50. The molecule has 0 aromatic carbocycles. The number of nitrogens with one attached hydrogen (secondary N) is 1. The van der Waals surface area contributed by atoms with Crippen molar-refractivity contribution in [2.45, 2.75) is 73.3 Å². The summed E-state index contributed by atoms with van der Waals surface area (Å²) in [7, 11) is 0. The van der Waals surface area contributed by atoms with E-state index in [1.807, 2.05) is 11.6 Å². The van der Waals surface area contributed by atoms with Crippen LogP contribution < -0.4 is 5.32 Å². The molecule has 0 atom stereocenters. The van der Waals surface area contributed by atoms with Gasteiger partial charge < -0.3 is 5.32 Å². The zero-order chi connectivity index (χ0) is 17.0. The van der Waals surface area contributed by atoms with Crippen LogP contribution in [0.25, 0.3) is 0 Å². The van der Waals surface area contributed by atoms with Crippen molar-refractivity contribution in [3.8, 4) is 0 Å². The first-order chi connectivity index (χ1) is 10.8. The fourth-order valence-corrected chi connectivity index (χ4v) is 3.71. The van der Waals surface area contributed by atoms with E-state index in [2.05, 4.69) is 44.2 Å². The number of carbonyl (C=O) groups excluding carboxylic acids is 1. The van der Waals surface area contributed by atoms with Gasteiger partial charge >= 0.3 is 0 Å². The fraction of sp³-hybridized carbons (Fsp3) is 0.789. The summed E-state index contributed by atoms with van der Waals surface area (Å²) in [6.07, 6.45) is 5.40. The van der Waals surface area contributed by atoms with Crippen molar-refractivity contribution in [2.75, 3.05) is 6.54 Å². The van der Waals surface area contributed by atoms with Crippen molar-refractivity contribution in [1.29, 1.82) is 0 Å². The summed E-state index contributed by atoms with van der Waals surface area (Å²) >= 11 is 0. The van der Waals surface area contributed by atoms with E-state index in [9.17, 15) is 4.79 Å². The number of rotatable bonds is 5. The number of hydrogen-bond acceptors (Lipinski definition) is 2. The third-order valence-corrected chi connectivity index (χ3v) is 5.27. The molecule has 2 rings (SSSR count). The Balaban J connectivity index is 1.67. The molecule has 0 spiro atoms. The molecule has 1 aliphatic carbocycles. The molecular weight excluding hydrogens is 286 g/mol. The maximum Gasteiger partial charge on any atom is 0.223 e. The predicted octanol–water partition coefficient (Wildman–Crippen LogP) is 3.86. The third kappa shape index (κ3) is 5.08. The quantitative estimate of drug-likeness (QED) is 0.838. The zero-order valence-electron chi connectivity index (χ0n) is 15.5. The molecule has 0 radical (unpaired) electrons. The van der Waals surface area contributed by atoms with Gasteiger partial charge in [-0.05, 0) is 63.4 Å². The van der Waals surface area contributed by atoms with Crippen molar-refractivity contribution in [1.82, 2.24) is 15.1 Å². The van der Waals surface area contributed by atoms with E-state index in [4.69, 9.17) is 0 Å². The molecule has 1 aliphatic rings. The smallest absolute Gasteiger partial charge is 0.223 e. The number of nitrogens with zero attached hydrogens (tertiary/aromatic N) is 2. The zero-order valence-corrected chi connectivity index (χ0v) is 15.5. The summed E-state index contributed by atoms with van der Waals surface area (Å²) in [5.74, 6) is 1.24. The van der Waals surface area contributed by atoms with Gasteiger partial charge in [0.25, 0.3) is 0 Å². The summed E-state index contributed by atoms with van der Waals surface area (Å²) in [5.41, 5.74) is 2.62. The standard InChI is InChI=1S/C19H33N3O/c1-14-13-15(2)22(21-14)12-6-11-20-18(23)16-7-9-17(10-8-16)19(3,4)5/h13,16-17H,6-12H2,1-5H3,(H,20,23). The molecule has 1 saturated carbocycles. The molecule has 4 nitrogen and oxygen atoms in total. The van der Waals surface area contributed by atoms with E-state index >= 15 is 0 Å². The lowest BCUT2D eigenvalue weighted by molar-refractivity contribution is -0.126. The molecular formula is C19H33N3O. The van der Waals surface area contributed by atoms with Gasteiger partial charge in [0.05, 0.1) is 5.69 Å². The number of aromatic nitrogens is 2. The van der Waals surface area contributed by atoms with Crippen LogP contribution in [0.5, 0.6) is 0 Å². The van der Waals surface area contributed by atoms with Gasteiger partial charge in [0.1, 0.15) is 0 Å². The van der Waals surface area contributed by atoms with E-state index in [1.54, 1.807) is 0 Å². The van der Waals surface area contributed by atoms with Crippen molar-refractivity contribution in [3.63, 3.8) is 0 Å². The SMILES string of the molecule is Cc1cc(C)n(CCCNC(=O)C2CCC(C(C)(C)C)CC2)n1. The minimum absolute atomic E-state index is 0.224. The Kier molecular flexibility index (Phi) is 5.88. The molecule has 0 unspecified atom stereocenters. The van der Waals surface area contributed by atoms with Crippen molar-refractivity contribution >= 4 is 5.91 Å². The van der Waals surface area contributed by atoms with Gasteiger partial charge in [0, 0.05) is 24.7 Å². The third-order valence-electron chi connectivity index (χ3n) is 5.27. The van der Waals surface area contributed by atoms with Crippen LogP contribution in [0.15, 0.2) is 6.07 Å². The van der Waals surface area contributed by atoms with Gasteiger partial charge in [-0.1, -0.05) is 20.8 Å². The van der Waals surface area contributed by atoms with E-state index in [-0.39, 0.29) is 11.8 Å². The summed E-state index contributed by atoms with van der Waals surface area (Å²) < 4.78 is 2.02. The van der Waals surface area contributed by atoms with E-state index in [1.165, 1.54) is 18.5 Å². The Morgan fingerprint density at radius 3 is 2.43 bits per heavy atom. The molecule has 0 aliphatic heterocycles. The molecule has 4 heteroatoms. The first-order valence-electron chi connectivity index (χ1n) is 9.06. The van der Waals surface area contributed by atoms with Crippen LogP contribution in [-0.2, 0) is 11.3 Å². The van der Waals surface area contributed by atoms with Crippen molar-refractivity contribution < 1.29 is 4.79 Å². The molecule has 23 heavy (non-hydrogen) atoms. The number of aryl methyl sites for hydroxylation is 3. The van der Waals surface area contributed by atoms with Crippen LogP contribution in [0, 0.1) is 31.1 Å². The molecule has 1 aromatic rings. The van der Waals surface area contributed by atoms with Crippen LogP contribution >= 0.6 is 0 Å². The van der Waals surface area contributed by atoms with Crippen LogP contribution in [0.2, 0.25) is 0 Å². The average molecular weight is 319 g/mol. The van der Waals surface area contributed by atoms with Gasteiger partial charge in [-0.25, -0.2) is 0 Å². The van der Waals surface area contributed by atoms with Crippen molar-refractivity contribution in [2.24, 2.45) is 17.3 Å². The fourth-order valence-electron chi connectivity index (χ4n) is 3.71. The van der Waals surface area contributed by atoms with Gasteiger partial charge in [-0.2, -0.15) is 5.10 Å². The van der Waals surface area contributed by atoms with Crippen molar-refractivity contribution in [3.05, 3.63) is 17.5 Å². The van der Waals surface area contributed by atoms with Crippen LogP contribution in [-0.4, -0.2) is 22.2 Å². The van der Waals surface area contributed by atoms with Gasteiger partial charge in [0.15, 0.2) is 0 Å². The van der Waals surface area contributed by atoms with E-state index in [0.717, 1.165) is 44.0 Å². The summed E-state index contributed by atoms with van der Waals surface area (Å²) in [6, 6.07) is 2.09. The van der Waals surface area contributed by atoms with Gasteiger partial charge in [0.2, 0.25) is 5.91 Å². The summed E-state index contributed by atoms with van der Waals surface area (Å²) in [4.78, 5) is 12.3. The number of hydrogen-bond donors (Lipinski definition) is 1. The van der Waals surface area contributed by atoms with Crippen LogP contribution in [0.4, 0.5) is 0 Å². The van der Waals surface area contributed by atoms with Gasteiger partial charge in [-0.3, -0.25) is 9.48 Å². The Labute approximate surface area is 141 Å². The summed E-state index contributed by atoms with van der Waals surface area (Å²) in [5, 5.41) is 7.57. The Morgan fingerprint density at radius 1 is 1.26 bits per heavy atom. The first kappa shape index (κ1) is 18.0. The Hall–Kier alpha value is -1.32. The molecule has 1 amide bonds. The average Bonchev–Trinajstić information content (AvgIpc) is 2.80. The number of amides is 1. The van der Waals surface area contributed by atoms with Gasteiger partial charge in [-0.15, -0.1) is 0 Å². The Bertz CT molecular complexity index is 519. The normalized spacial score (nSPS) is 22.1. The molecule has 0 bridgehead atoms. The predicted molar refractivity (Wildman–Crippen MR) is 94.2 cm³/mol. The first-order valence-corrected chi connectivity index (χ1v) is 9.06. The summed E-state index contributed by atoms with van der Waals surface area (Å²) in [6.45, 7) is 12.7. The molecule has 130 valence electrons. The lowest BCUT2D eigenvalue weighted by Gasteiger charge is -2.36. The second-order valence-electron chi connectivity index (χ2n) is 8.21. The minimum atomic E-state index is 0.224. The topological polar surface area (TPSA) is 46.9 Å². The second-order valence-corrected chi connectivity index (χ2v) is 8.21.